The Morgan fingerprint density at radius 3 is 2.34 bits per heavy atom. The fourth-order valence-electron chi connectivity index (χ4n) is 7.37. The van der Waals surface area contributed by atoms with Gasteiger partial charge in [0.25, 0.3) is 0 Å². The van der Waals surface area contributed by atoms with Crippen LogP contribution in [0, 0.1) is 17.6 Å². The number of nitrogens with zero attached hydrogens (tertiary/aromatic N) is 5. The minimum atomic E-state index is -3.23. The lowest BCUT2D eigenvalue weighted by Crippen LogP contribution is -2.44. The molecule has 3 fully saturated rings. The number of benzene rings is 1. The second-order valence-corrected chi connectivity index (χ2v) is 13.3. The Labute approximate surface area is 222 Å². The molecule has 3 aliphatic heterocycles. The standard InChI is InChI=1S/C28H35F2N5O2S/c1-38(36,37)33-9-5-19(6-10-33)26(20-12-21(29)14-22(30)13-20)7-11-34-23-2-3-24(34)16-25(15-23)35-18-32-27-17-31-8-4-28(27)35/h4,8,12-14,17-19,23-26H,2-3,5-7,9-11,15-16H2,1H3/t23-,24+,25-,26-/m1/s1. The van der Waals surface area contributed by atoms with Crippen LogP contribution in [-0.2, 0) is 10.0 Å². The number of hydrogen-bond donors (Lipinski definition) is 0. The van der Waals surface area contributed by atoms with Gasteiger partial charge in [-0.3, -0.25) is 9.88 Å². The summed E-state index contributed by atoms with van der Waals surface area (Å²) in [5, 5.41) is 0. The molecule has 204 valence electrons. The van der Waals surface area contributed by atoms with Gasteiger partial charge >= 0.3 is 0 Å². The Morgan fingerprint density at radius 2 is 1.68 bits per heavy atom. The maximum atomic E-state index is 14.2. The second kappa shape index (κ2) is 10.3. The Balaban J connectivity index is 1.17. The summed E-state index contributed by atoms with van der Waals surface area (Å²) in [4.78, 5) is 11.4. The van der Waals surface area contributed by atoms with E-state index in [9.17, 15) is 17.2 Å². The van der Waals surface area contributed by atoms with E-state index in [1.165, 1.54) is 35.5 Å². The first-order chi connectivity index (χ1) is 18.3. The maximum absolute atomic E-state index is 14.2. The van der Waals surface area contributed by atoms with Crippen molar-refractivity contribution in [1.29, 1.82) is 0 Å². The molecule has 5 heterocycles. The molecule has 7 nitrogen and oxygen atoms in total. The zero-order valence-corrected chi connectivity index (χ0v) is 22.5. The summed E-state index contributed by atoms with van der Waals surface area (Å²) in [5.74, 6) is -0.927. The van der Waals surface area contributed by atoms with E-state index in [0.29, 0.717) is 49.6 Å². The predicted molar refractivity (Wildman–Crippen MR) is 142 cm³/mol. The van der Waals surface area contributed by atoms with E-state index in [1.807, 2.05) is 24.8 Å². The number of piperidine rings is 2. The molecular weight excluding hydrogens is 508 g/mol. The van der Waals surface area contributed by atoms with Crippen molar-refractivity contribution in [3.63, 3.8) is 0 Å². The molecule has 0 unspecified atom stereocenters. The number of pyridine rings is 1. The van der Waals surface area contributed by atoms with E-state index < -0.39 is 21.7 Å². The zero-order chi connectivity index (χ0) is 26.4. The summed E-state index contributed by atoms with van der Waals surface area (Å²) < 4.78 is 56.4. The van der Waals surface area contributed by atoms with Crippen LogP contribution in [0.5, 0.6) is 0 Å². The van der Waals surface area contributed by atoms with Crippen LogP contribution in [0.1, 0.15) is 62.5 Å². The first-order valence-electron chi connectivity index (χ1n) is 13.7. The van der Waals surface area contributed by atoms with E-state index in [2.05, 4.69) is 19.4 Å². The van der Waals surface area contributed by atoms with Gasteiger partial charge in [-0.05, 0) is 87.1 Å². The minimum absolute atomic E-state index is 0.0101. The highest BCUT2D eigenvalue weighted by Crippen LogP contribution is 2.43. The summed E-state index contributed by atoms with van der Waals surface area (Å²) in [6.07, 6.45) is 13.5. The Bertz CT molecular complexity index is 1370. The molecule has 3 saturated heterocycles. The third-order valence-corrected chi connectivity index (χ3v) is 10.5. The van der Waals surface area contributed by atoms with Crippen LogP contribution < -0.4 is 0 Å². The van der Waals surface area contributed by atoms with Crippen molar-refractivity contribution in [3.8, 4) is 0 Å². The molecule has 6 rings (SSSR count). The summed E-state index contributed by atoms with van der Waals surface area (Å²) in [7, 11) is -3.23. The van der Waals surface area contributed by atoms with Crippen molar-refractivity contribution < 1.29 is 17.2 Å². The lowest BCUT2D eigenvalue weighted by Gasteiger charge is -2.41. The summed E-state index contributed by atoms with van der Waals surface area (Å²) >= 11 is 0. The number of imidazole rings is 1. The second-order valence-electron chi connectivity index (χ2n) is 11.4. The van der Waals surface area contributed by atoms with E-state index in [4.69, 9.17) is 0 Å². The summed E-state index contributed by atoms with van der Waals surface area (Å²) in [6, 6.07) is 7.27. The molecule has 0 aliphatic carbocycles. The highest BCUT2D eigenvalue weighted by atomic mass is 32.2. The topological polar surface area (TPSA) is 71.3 Å². The molecule has 0 N–H and O–H groups in total. The van der Waals surface area contributed by atoms with E-state index in [-0.39, 0.29) is 11.8 Å². The van der Waals surface area contributed by atoms with Crippen molar-refractivity contribution in [2.24, 2.45) is 5.92 Å². The molecule has 3 aromatic rings. The molecule has 0 radical (unpaired) electrons. The minimum Gasteiger partial charge on any atom is -0.327 e. The maximum Gasteiger partial charge on any atom is 0.211 e. The van der Waals surface area contributed by atoms with Crippen LogP contribution in [0.15, 0.2) is 43.0 Å². The fraction of sp³-hybridized carbons (Fsp3) is 0.571. The predicted octanol–water partition coefficient (Wildman–Crippen LogP) is 4.72. The molecule has 0 saturated carbocycles. The van der Waals surface area contributed by atoms with Crippen LogP contribution in [0.3, 0.4) is 0 Å². The number of fused-ring (bicyclic) bond motifs is 3. The van der Waals surface area contributed by atoms with Gasteiger partial charge in [0.05, 0.1) is 24.3 Å². The molecule has 0 amide bonds. The lowest BCUT2D eigenvalue weighted by atomic mass is 9.78. The van der Waals surface area contributed by atoms with E-state index in [1.54, 1.807) is 0 Å². The number of halogens is 2. The monoisotopic (exact) mass is 543 g/mol. The summed E-state index contributed by atoms with van der Waals surface area (Å²) in [5.41, 5.74) is 2.75. The van der Waals surface area contributed by atoms with Gasteiger partial charge in [-0.1, -0.05) is 0 Å². The molecule has 3 aliphatic rings. The first kappa shape index (κ1) is 25.8. The number of sulfonamides is 1. The lowest BCUT2D eigenvalue weighted by molar-refractivity contribution is 0.0992. The van der Waals surface area contributed by atoms with Crippen LogP contribution in [0.4, 0.5) is 8.78 Å². The first-order valence-corrected chi connectivity index (χ1v) is 15.5. The third-order valence-electron chi connectivity index (χ3n) is 9.18. The average molecular weight is 544 g/mol. The number of hydrogen-bond acceptors (Lipinski definition) is 5. The van der Waals surface area contributed by atoms with Crippen LogP contribution in [-0.4, -0.2) is 70.1 Å². The molecule has 0 spiro atoms. The highest BCUT2D eigenvalue weighted by molar-refractivity contribution is 7.88. The quantitative estimate of drug-likeness (QED) is 0.431. The fourth-order valence-corrected chi connectivity index (χ4v) is 8.25. The van der Waals surface area contributed by atoms with E-state index in [0.717, 1.165) is 42.9 Å². The van der Waals surface area contributed by atoms with E-state index >= 15 is 0 Å². The molecule has 2 bridgehead atoms. The van der Waals surface area contributed by atoms with Crippen molar-refractivity contribution in [3.05, 3.63) is 60.2 Å². The molecule has 2 aromatic heterocycles. The zero-order valence-electron chi connectivity index (χ0n) is 21.7. The molecule has 10 heteroatoms. The van der Waals surface area contributed by atoms with Gasteiger partial charge in [-0.2, -0.15) is 0 Å². The number of rotatable bonds is 7. The van der Waals surface area contributed by atoms with Crippen LogP contribution in [0.25, 0.3) is 11.0 Å². The molecule has 4 atom stereocenters. The third kappa shape index (κ3) is 5.10. The molecule has 1 aromatic carbocycles. The van der Waals surface area contributed by atoms with Crippen molar-refractivity contribution in [2.75, 3.05) is 25.9 Å². The van der Waals surface area contributed by atoms with Crippen molar-refractivity contribution in [2.45, 2.75) is 69.0 Å². The van der Waals surface area contributed by atoms with Gasteiger partial charge < -0.3 is 4.57 Å². The van der Waals surface area contributed by atoms with Gasteiger partial charge in [0.1, 0.15) is 17.2 Å². The van der Waals surface area contributed by atoms with Crippen LogP contribution >= 0.6 is 0 Å². The SMILES string of the molecule is CS(=O)(=O)N1CCC([C@@H](CCN2[C@@H]3CC[C@H]2C[C@H](n2cnc4cnccc42)C3)c2cc(F)cc(F)c2)CC1. The Hall–Kier alpha value is -2.43. The Kier molecular flexibility index (Phi) is 6.98. The van der Waals surface area contributed by atoms with Gasteiger partial charge in [0, 0.05) is 43.5 Å². The summed E-state index contributed by atoms with van der Waals surface area (Å²) in [6.45, 7) is 1.80. The van der Waals surface area contributed by atoms with Gasteiger partial charge in [0.2, 0.25) is 10.0 Å². The smallest absolute Gasteiger partial charge is 0.211 e. The van der Waals surface area contributed by atoms with Gasteiger partial charge in [-0.15, -0.1) is 0 Å². The average Bonchev–Trinajstić information content (AvgIpc) is 3.41. The molecule has 38 heavy (non-hydrogen) atoms. The largest absolute Gasteiger partial charge is 0.327 e. The van der Waals surface area contributed by atoms with Crippen LogP contribution in [0.2, 0.25) is 0 Å². The van der Waals surface area contributed by atoms with Gasteiger partial charge in [0.15, 0.2) is 0 Å². The molecular formula is C28H35F2N5O2S. The Morgan fingerprint density at radius 1 is 1.00 bits per heavy atom. The number of aromatic nitrogens is 3. The van der Waals surface area contributed by atoms with Crippen molar-refractivity contribution in [1.82, 2.24) is 23.7 Å². The van der Waals surface area contributed by atoms with Crippen molar-refractivity contribution >= 4 is 21.1 Å². The normalized spacial score (nSPS) is 26.2. The highest BCUT2D eigenvalue weighted by Gasteiger charge is 2.42. The van der Waals surface area contributed by atoms with Gasteiger partial charge in [-0.25, -0.2) is 26.5 Å².